The first kappa shape index (κ1) is 24.0. The van der Waals surface area contributed by atoms with Crippen LogP contribution in [-0.4, -0.2) is 72.4 Å². The average Bonchev–Trinajstić information content (AvgIpc) is 3.08. The molecular formula is C21H35N3O6S. The third-order valence-electron chi connectivity index (χ3n) is 6.93. The van der Waals surface area contributed by atoms with Crippen molar-refractivity contribution >= 4 is 22.0 Å². The minimum Gasteiger partial charge on any atom is -0.480 e. The predicted molar refractivity (Wildman–Crippen MR) is 116 cm³/mol. The summed E-state index contributed by atoms with van der Waals surface area (Å²) in [5, 5.41) is 22.2. The van der Waals surface area contributed by atoms with Gasteiger partial charge in [-0.2, -0.15) is 0 Å². The second-order valence-corrected chi connectivity index (χ2v) is 11.6. The number of allylic oxidation sites excluding steroid dienone is 1. The number of nitrogens with one attached hydrogen (secondary N) is 2. The van der Waals surface area contributed by atoms with Crippen LogP contribution in [0.2, 0.25) is 0 Å². The van der Waals surface area contributed by atoms with E-state index in [4.69, 9.17) is 0 Å². The van der Waals surface area contributed by atoms with Gasteiger partial charge in [0, 0.05) is 18.3 Å². The Bertz CT molecular complexity index is 814. The lowest BCUT2D eigenvalue weighted by molar-refractivity contribution is -0.142. The van der Waals surface area contributed by atoms with Crippen molar-refractivity contribution in [2.45, 2.75) is 64.1 Å². The fourth-order valence-electron chi connectivity index (χ4n) is 5.50. The summed E-state index contributed by atoms with van der Waals surface area (Å²) in [5.74, 6) is -1.04. The van der Waals surface area contributed by atoms with Crippen molar-refractivity contribution in [1.82, 2.24) is 14.9 Å². The second kappa shape index (κ2) is 9.46. The van der Waals surface area contributed by atoms with Gasteiger partial charge in [0.25, 0.3) is 0 Å². The number of nitrogens with zero attached hydrogens (tertiary/aromatic N) is 1. The van der Waals surface area contributed by atoms with Crippen molar-refractivity contribution < 1.29 is 28.2 Å². The highest BCUT2D eigenvalue weighted by Crippen LogP contribution is 2.42. The molecule has 9 nitrogen and oxygen atoms in total. The molecule has 2 heterocycles. The Hall–Kier alpha value is -1.65. The number of carboxylic acid groups (broad SMARTS) is 2. The van der Waals surface area contributed by atoms with Crippen molar-refractivity contribution in [3.05, 3.63) is 12.3 Å². The van der Waals surface area contributed by atoms with Gasteiger partial charge in [0.05, 0.1) is 5.75 Å². The molecule has 31 heavy (non-hydrogen) atoms. The Kier molecular flexibility index (Phi) is 7.32. The standard InChI is InChI=1S/C21H35N3O6S/c1-12(2)11-31(29,30)23-17-8-19(21(27)28)24(10-17)13(3)14-4-5-15-9-22-18(20(25)26)7-16(15)6-14/h12,14-19,22-23H,3-11H2,1-2H3,(H,25,26)(H,27,28)/t14-,15-,16+,17-,18-,19-/m0/s1. The molecular weight excluding hydrogens is 422 g/mol. The van der Waals surface area contributed by atoms with Gasteiger partial charge in [-0.25, -0.2) is 17.9 Å². The van der Waals surface area contributed by atoms with Crippen LogP contribution in [0, 0.1) is 23.7 Å². The zero-order valence-electron chi connectivity index (χ0n) is 18.3. The van der Waals surface area contributed by atoms with E-state index in [0.717, 1.165) is 25.0 Å². The van der Waals surface area contributed by atoms with Gasteiger partial charge in [-0.05, 0) is 62.3 Å². The third kappa shape index (κ3) is 5.78. The zero-order valence-corrected chi connectivity index (χ0v) is 19.1. The van der Waals surface area contributed by atoms with Crippen LogP contribution in [0.4, 0.5) is 0 Å². The summed E-state index contributed by atoms with van der Waals surface area (Å²) in [4.78, 5) is 25.0. The van der Waals surface area contributed by atoms with Gasteiger partial charge in [-0.15, -0.1) is 0 Å². The topological polar surface area (TPSA) is 136 Å². The number of carbonyl (C=O) groups is 2. The molecule has 0 aromatic heterocycles. The van der Waals surface area contributed by atoms with Crippen molar-refractivity contribution in [2.24, 2.45) is 23.7 Å². The van der Waals surface area contributed by atoms with Crippen molar-refractivity contribution in [2.75, 3.05) is 18.8 Å². The first-order valence-corrected chi connectivity index (χ1v) is 12.8. The first-order valence-electron chi connectivity index (χ1n) is 11.1. The van der Waals surface area contributed by atoms with E-state index in [0.29, 0.717) is 18.9 Å². The highest BCUT2D eigenvalue weighted by molar-refractivity contribution is 7.89. The van der Waals surface area contributed by atoms with Gasteiger partial charge in [0.15, 0.2) is 0 Å². The number of fused-ring (bicyclic) bond motifs is 1. The molecule has 176 valence electrons. The number of aliphatic carboxylic acids is 2. The molecule has 0 unspecified atom stereocenters. The maximum Gasteiger partial charge on any atom is 0.326 e. The van der Waals surface area contributed by atoms with E-state index in [1.807, 2.05) is 13.8 Å². The van der Waals surface area contributed by atoms with Crippen LogP contribution in [0.15, 0.2) is 12.3 Å². The van der Waals surface area contributed by atoms with Gasteiger partial charge in [0.1, 0.15) is 12.1 Å². The molecule has 2 aliphatic heterocycles. The monoisotopic (exact) mass is 457 g/mol. The van der Waals surface area contributed by atoms with E-state index in [1.165, 1.54) is 0 Å². The van der Waals surface area contributed by atoms with Gasteiger partial charge in [0.2, 0.25) is 10.0 Å². The molecule has 10 heteroatoms. The zero-order chi connectivity index (χ0) is 22.9. The molecule has 3 rings (SSSR count). The van der Waals surface area contributed by atoms with Crippen molar-refractivity contribution in [1.29, 1.82) is 0 Å². The summed E-state index contributed by atoms with van der Waals surface area (Å²) in [6, 6.07) is -1.81. The first-order chi connectivity index (χ1) is 14.5. The minimum absolute atomic E-state index is 0.00660. The molecule has 0 aromatic rings. The summed E-state index contributed by atoms with van der Waals surface area (Å²) in [7, 11) is -3.48. The van der Waals surface area contributed by atoms with Crippen molar-refractivity contribution in [3.8, 4) is 0 Å². The molecule has 0 radical (unpaired) electrons. The van der Waals surface area contributed by atoms with Crippen LogP contribution in [0.3, 0.4) is 0 Å². The Labute approximate surface area is 184 Å². The van der Waals surface area contributed by atoms with E-state index in [1.54, 1.807) is 4.90 Å². The van der Waals surface area contributed by atoms with Crippen LogP contribution < -0.4 is 10.0 Å². The van der Waals surface area contributed by atoms with Gasteiger partial charge in [-0.1, -0.05) is 20.4 Å². The fourth-order valence-corrected chi connectivity index (χ4v) is 7.16. The van der Waals surface area contributed by atoms with Crippen LogP contribution in [0.25, 0.3) is 0 Å². The SMILES string of the molecule is C=C([C@H]1CC[C@H]2CN[C@H](C(=O)O)C[C@H]2C1)N1C[C@@H](NS(=O)(=O)CC(C)C)C[C@H]1C(=O)O. The molecule has 3 aliphatic rings. The molecule has 6 atom stereocenters. The Morgan fingerprint density at radius 2 is 1.84 bits per heavy atom. The Balaban J connectivity index is 1.66. The van der Waals surface area contributed by atoms with E-state index in [9.17, 15) is 28.2 Å². The smallest absolute Gasteiger partial charge is 0.326 e. The van der Waals surface area contributed by atoms with E-state index >= 15 is 0 Å². The molecule has 3 fully saturated rings. The van der Waals surface area contributed by atoms with Gasteiger partial charge in [-0.3, -0.25) is 4.79 Å². The maximum absolute atomic E-state index is 12.3. The summed E-state index contributed by atoms with van der Waals surface area (Å²) < 4.78 is 27.4. The van der Waals surface area contributed by atoms with E-state index in [2.05, 4.69) is 16.6 Å². The molecule has 2 saturated heterocycles. The molecule has 1 aliphatic carbocycles. The lowest BCUT2D eigenvalue weighted by atomic mass is 9.69. The minimum atomic E-state index is -3.48. The number of hydrogen-bond donors (Lipinski definition) is 4. The summed E-state index contributed by atoms with van der Waals surface area (Å²) in [6.45, 7) is 8.86. The highest BCUT2D eigenvalue weighted by atomic mass is 32.2. The molecule has 0 amide bonds. The summed E-state index contributed by atoms with van der Waals surface area (Å²) >= 11 is 0. The lowest BCUT2D eigenvalue weighted by Gasteiger charge is -2.43. The van der Waals surface area contributed by atoms with Crippen LogP contribution in [0.5, 0.6) is 0 Å². The quantitative estimate of drug-likeness (QED) is 0.425. The molecule has 4 N–H and O–H groups in total. The second-order valence-electron chi connectivity index (χ2n) is 9.79. The summed E-state index contributed by atoms with van der Waals surface area (Å²) in [6.07, 6.45) is 3.40. The van der Waals surface area contributed by atoms with E-state index < -0.39 is 40.1 Å². The average molecular weight is 458 g/mol. The summed E-state index contributed by atoms with van der Waals surface area (Å²) in [5.41, 5.74) is 0.738. The van der Waals surface area contributed by atoms with Crippen molar-refractivity contribution in [3.63, 3.8) is 0 Å². The lowest BCUT2D eigenvalue weighted by Crippen LogP contribution is -2.50. The van der Waals surface area contributed by atoms with Crippen LogP contribution >= 0.6 is 0 Å². The number of sulfonamides is 1. The number of hydrogen-bond acceptors (Lipinski definition) is 6. The number of carboxylic acids is 2. The Morgan fingerprint density at radius 1 is 1.13 bits per heavy atom. The molecule has 0 bridgehead atoms. The number of rotatable bonds is 8. The molecule has 0 aromatic carbocycles. The number of piperidine rings is 1. The third-order valence-corrected chi connectivity index (χ3v) is 8.73. The number of likely N-dealkylation sites (tertiary alicyclic amines) is 1. The normalized spacial score (nSPS) is 33.8. The molecule has 1 saturated carbocycles. The maximum atomic E-state index is 12.3. The van der Waals surface area contributed by atoms with Crippen LogP contribution in [-0.2, 0) is 19.6 Å². The highest BCUT2D eigenvalue weighted by Gasteiger charge is 2.43. The fraction of sp³-hybridized carbons (Fsp3) is 0.810. The van der Waals surface area contributed by atoms with E-state index in [-0.39, 0.29) is 36.5 Å². The van der Waals surface area contributed by atoms with Gasteiger partial charge >= 0.3 is 11.9 Å². The molecule has 0 spiro atoms. The predicted octanol–water partition coefficient (Wildman–Crippen LogP) is 1.08. The Morgan fingerprint density at radius 3 is 2.45 bits per heavy atom. The van der Waals surface area contributed by atoms with Gasteiger partial charge < -0.3 is 20.4 Å². The van der Waals surface area contributed by atoms with Crippen LogP contribution in [0.1, 0.15) is 46.0 Å². The largest absolute Gasteiger partial charge is 0.480 e.